The average molecular weight is 376 g/mol. The number of nitrogens with one attached hydrogen (secondary N) is 1. The van der Waals surface area contributed by atoms with E-state index in [1.807, 2.05) is 12.1 Å². The molecule has 2 amide bonds. The highest BCUT2D eigenvalue weighted by molar-refractivity contribution is 6.30. The Hall–Kier alpha value is -1.59. The maximum atomic E-state index is 12.9. The van der Waals surface area contributed by atoms with E-state index in [4.69, 9.17) is 17.3 Å². The fourth-order valence-electron chi connectivity index (χ4n) is 5.06. The molecule has 1 aliphatic heterocycles. The number of halogens is 1. The summed E-state index contributed by atoms with van der Waals surface area (Å²) >= 11 is 5.92. The second kappa shape index (κ2) is 7.20. The first-order valence-electron chi connectivity index (χ1n) is 9.63. The quantitative estimate of drug-likeness (QED) is 0.852. The van der Waals surface area contributed by atoms with E-state index in [1.165, 1.54) is 6.42 Å². The molecule has 5 nitrogen and oxygen atoms in total. The van der Waals surface area contributed by atoms with Gasteiger partial charge in [0.05, 0.1) is 5.92 Å². The van der Waals surface area contributed by atoms with Gasteiger partial charge in [0, 0.05) is 35.8 Å². The lowest BCUT2D eigenvalue weighted by Gasteiger charge is -2.45. The Morgan fingerprint density at radius 3 is 2.46 bits per heavy atom. The molecule has 0 aromatic heterocycles. The van der Waals surface area contributed by atoms with E-state index in [1.54, 1.807) is 17.0 Å². The van der Waals surface area contributed by atoms with Gasteiger partial charge in [0.25, 0.3) is 0 Å². The Labute approximate surface area is 159 Å². The minimum absolute atomic E-state index is 0.00154. The Kier molecular flexibility index (Phi) is 4.93. The van der Waals surface area contributed by atoms with Gasteiger partial charge >= 0.3 is 0 Å². The minimum Gasteiger partial charge on any atom is -0.353 e. The van der Waals surface area contributed by atoms with E-state index in [2.05, 4.69) is 5.32 Å². The topological polar surface area (TPSA) is 75.4 Å². The lowest BCUT2D eigenvalue weighted by Crippen LogP contribution is -2.54. The molecule has 3 unspecified atom stereocenters. The molecule has 4 rings (SSSR count). The molecular weight excluding hydrogens is 350 g/mol. The number of rotatable bonds is 3. The Balaban J connectivity index is 1.41. The van der Waals surface area contributed by atoms with Gasteiger partial charge in [-0.3, -0.25) is 9.59 Å². The zero-order chi connectivity index (χ0) is 18.3. The van der Waals surface area contributed by atoms with Crippen LogP contribution in [0, 0.1) is 17.8 Å². The van der Waals surface area contributed by atoms with Crippen LogP contribution in [0.5, 0.6) is 0 Å². The van der Waals surface area contributed by atoms with Crippen molar-refractivity contribution in [2.24, 2.45) is 23.5 Å². The molecular formula is C20H26ClN3O2. The molecule has 0 spiro atoms. The third-order valence-electron chi connectivity index (χ3n) is 6.32. The molecule has 3 N–H and O–H groups in total. The van der Waals surface area contributed by atoms with Gasteiger partial charge in [-0.2, -0.15) is 0 Å². The number of carbonyl (C=O) groups is 2. The molecule has 2 bridgehead atoms. The number of anilines is 1. The predicted octanol–water partition coefficient (Wildman–Crippen LogP) is 2.72. The summed E-state index contributed by atoms with van der Waals surface area (Å²) in [6, 6.07) is 7.69. The van der Waals surface area contributed by atoms with Crippen LogP contribution in [0.1, 0.15) is 38.5 Å². The van der Waals surface area contributed by atoms with Crippen LogP contribution in [0.4, 0.5) is 5.69 Å². The van der Waals surface area contributed by atoms with Gasteiger partial charge in [-0.25, -0.2) is 0 Å². The summed E-state index contributed by atoms with van der Waals surface area (Å²) < 4.78 is 0. The summed E-state index contributed by atoms with van der Waals surface area (Å²) in [6.45, 7) is 0.438. The van der Waals surface area contributed by atoms with Gasteiger partial charge in [-0.05, 0) is 61.8 Å². The van der Waals surface area contributed by atoms with Crippen molar-refractivity contribution in [2.75, 3.05) is 11.4 Å². The molecule has 26 heavy (non-hydrogen) atoms. The van der Waals surface area contributed by atoms with Crippen molar-refractivity contribution in [1.29, 1.82) is 0 Å². The summed E-state index contributed by atoms with van der Waals surface area (Å²) in [6.07, 6.45) is 5.81. The molecule has 2 aliphatic carbocycles. The normalized spacial score (nSPS) is 34.0. The van der Waals surface area contributed by atoms with Gasteiger partial charge in [0.1, 0.15) is 0 Å². The summed E-state index contributed by atoms with van der Waals surface area (Å²) in [4.78, 5) is 27.0. The highest BCUT2D eigenvalue weighted by atomic mass is 35.5. The van der Waals surface area contributed by atoms with Crippen LogP contribution in [0.25, 0.3) is 0 Å². The van der Waals surface area contributed by atoms with E-state index in [0.29, 0.717) is 23.4 Å². The van der Waals surface area contributed by atoms with Gasteiger partial charge in [0.15, 0.2) is 0 Å². The molecule has 1 saturated heterocycles. The average Bonchev–Trinajstić information content (AvgIpc) is 2.98. The van der Waals surface area contributed by atoms with Crippen molar-refractivity contribution in [3.05, 3.63) is 29.3 Å². The number of carbonyl (C=O) groups excluding carboxylic acids is 2. The molecule has 140 valence electrons. The van der Waals surface area contributed by atoms with Crippen LogP contribution in [0.3, 0.4) is 0 Å². The standard InChI is InChI=1S/C20H26ClN3O2/c21-15-4-6-17(7-5-15)24-11-14(10-18(24)25)20(26)23-19-12-2-1-3-13(19)9-16(22)8-12/h4-7,12-14,16,19H,1-3,8-11,22H2,(H,23,26). The Bertz CT molecular complexity index is 679. The van der Waals surface area contributed by atoms with Crippen molar-refractivity contribution in [2.45, 2.75) is 50.6 Å². The Morgan fingerprint density at radius 2 is 1.81 bits per heavy atom. The molecule has 1 aromatic rings. The first-order valence-corrected chi connectivity index (χ1v) is 10.0. The fraction of sp³-hybridized carbons (Fsp3) is 0.600. The van der Waals surface area contributed by atoms with Crippen molar-refractivity contribution >= 4 is 29.1 Å². The van der Waals surface area contributed by atoms with E-state index in [9.17, 15) is 9.59 Å². The molecule has 3 atom stereocenters. The summed E-state index contributed by atoms with van der Waals surface area (Å²) in [7, 11) is 0. The van der Waals surface area contributed by atoms with E-state index in [0.717, 1.165) is 31.4 Å². The van der Waals surface area contributed by atoms with Crippen LogP contribution >= 0.6 is 11.6 Å². The zero-order valence-corrected chi connectivity index (χ0v) is 15.6. The number of hydrogen-bond donors (Lipinski definition) is 2. The van der Waals surface area contributed by atoms with Crippen molar-refractivity contribution in [3.63, 3.8) is 0 Å². The van der Waals surface area contributed by atoms with Crippen LogP contribution in [0.2, 0.25) is 5.02 Å². The lowest BCUT2D eigenvalue weighted by atomic mass is 9.67. The largest absolute Gasteiger partial charge is 0.353 e. The van der Waals surface area contributed by atoms with E-state index in [-0.39, 0.29) is 36.2 Å². The molecule has 3 aliphatic rings. The van der Waals surface area contributed by atoms with Gasteiger partial charge < -0.3 is 16.0 Å². The first-order chi connectivity index (χ1) is 12.5. The number of amides is 2. The monoisotopic (exact) mass is 375 g/mol. The third kappa shape index (κ3) is 3.47. The maximum Gasteiger partial charge on any atom is 0.227 e. The number of nitrogens with zero attached hydrogens (tertiary/aromatic N) is 1. The second-order valence-electron chi connectivity index (χ2n) is 8.10. The number of benzene rings is 1. The number of hydrogen-bond acceptors (Lipinski definition) is 3. The van der Waals surface area contributed by atoms with Crippen LogP contribution < -0.4 is 16.0 Å². The third-order valence-corrected chi connectivity index (χ3v) is 6.57. The van der Waals surface area contributed by atoms with Crippen LogP contribution in [0.15, 0.2) is 24.3 Å². The number of nitrogens with two attached hydrogens (primary N) is 1. The molecule has 1 aromatic carbocycles. The van der Waals surface area contributed by atoms with Gasteiger partial charge in [0.2, 0.25) is 11.8 Å². The van der Waals surface area contributed by atoms with Crippen LogP contribution in [-0.4, -0.2) is 30.4 Å². The highest BCUT2D eigenvalue weighted by Gasteiger charge is 2.42. The molecule has 6 heteroatoms. The first kappa shape index (κ1) is 17.8. The molecule has 0 radical (unpaired) electrons. The SMILES string of the molecule is NC1CC2CCCC(C1)C2NC(=O)C1CC(=O)N(c2ccc(Cl)cc2)C1. The molecule has 3 fully saturated rings. The number of fused-ring (bicyclic) bond motifs is 2. The highest BCUT2D eigenvalue weighted by Crippen LogP contribution is 2.40. The van der Waals surface area contributed by atoms with Gasteiger partial charge in [-0.1, -0.05) is 18.0 Å². The lowest BCUT2D eigenvalue weighted by molar-refractivity contribution is -0.128. The van der Waals surface area contributed by atoms with E-state index < -0.39 is 0 Å². The smallest absolute Gasteiger partial charge is 0.227 e. The zero-order valence-electron chi connectivity index (χ0n) is 14.9. The van der Waals surface area contributed by atoms with Crippen molar-refractivity contribution < 1.29 is 9.59 Å². The van der Waals surface area contributed by atoms with Crippen LogP contribution in [-0.2, 0) is 9.59 Å². The van der Waals surface area contributed by atoms with Gasteiger partial charge in [-0.15, -0.1) is 0 Å². The van der Waals surface area contributed by atoms with E-state index >= 15 is 0 Å². The summed E-state index contributed by atoms with van der Waals surface area (Å²) in [5.41, 5.74) is 6.98. The maximum absolute atomic E-state index is 12.9. The minimum atomic E-state index is -0.283. The fourth-order valence-corrected chi connectivity index (χ4v) is 5.19. The van der Waals surface area contributed by atoms with Crippen molar-refractivity contribution in [1.82, 2.24) is 5.32 Å². The predicted molar refractivity (Wildman–Crippen MR) is 102 cm³/mol. The van der Waals surface area contributed by atoms with Crippen molar-refractivity contribution in [3.8, 4) is 0 Å². The molecule has 1 heterocycles. The summed E-state index contributed by atoms with van der Waals surface area (Å²) in [5.74, 6) is 0.719. The summed E-state index contributed by atoms with van der Waals surface area (Å²) in [5, 5.41) is 3.93. The Morgan fingerprint density at radius 1 is 1.15 bits per heavy atom. The molecule has 2 saturated carbocycles. The second-order valence-corrected chi connectivity index (χ2v) is 8.54.